The fourth-order valence-electron chi connectivity index (χ4n) is 5.15. The third-order valence-corrected chi connectivity index (χ3v) is 9.47. The third kappa shape index (κ3) is 7.58. The Labute approximate surface area is 253 Å². The predicted molar refractivity (Wildman–Crippen MR) is 158 cm³/mol. The zero-order valence-electron chi connectivity index (χ0n) is 23.7. The van der Waals surface area contributed by atoms with Gasteiger partial charge in [-0.1, -0.05) is 28.1 Å². The zero-order chi connectivity index (χ0) is 30.7. The molecule has 0 aliphatic carbocycles. The lowest BCUT2D eigenvalue weighted by atomic mass is 9.83. The van der Waals surface area contributed by atoms with E-state index in [9.17, 15) is 28.1 Å². The van der Waals surface area contributed by atoms with Gasteiger partial charge in [-0.15, -0.1) is 0 Å². The second-order valence-corrected chi connectivity index (χ2v) is 14.1. The van der Waals surface area contributed by atoms with E-state index in [-0.39, 0.29) is 44.6 Å². The summed E-state index contributed by atoms with van der Waals surface area (Å²) in [5.41, 5.74) is -0.421. The lowest BCUT2D eigenvalue weighted by Gasteiger charge is -2.38. The van der Waals surface area contributed by atoms with Crippen molar-refractivity contribution in [2.24, 2.45) is 5.92 Å². The highest BCUT2D eigenvalue weighted by Gasteiger charge is 2.38. The smallest absolute Gasteiger partial charge is 0.410 e. The number of carbonyl (C=O) groups is 2. The van der Waals surface area contributed by atoms with E-state index < -0.39 is 43.1 Å². The van der Waals surface area contributed by atoms with Crippen LogP contribution in [0.3, 0.4) is 0 Å². The molecule has 1 fully saturated rings. The summed E-state index contributed by atoms with van der Waals surface area (Å²) in [5.74, 6) is -0.566. The molecule has 2 atom stereocenters. The minimum Gasteiger partial charge on any atom is -0.493 e. The van der Waals surface area contributed by atoms with Crippen LogP contribution in [0.25, 0.3) is 0 Å². The van der Waals surface area contributed by atoms with Crippen LogP contribution in [-0.2, 0) is 19.6 Å². The zero-order valence-corrected chi connectivity index (χ0v) is 26.1. The quantitative estimate of drug-likeness (QED) is 0.377. The van der Waals surface area contributed by atoms with Gasteiger partial charge >= 0.3 is 6.09 Å². The number of benzene rings is 2. The van der Waals surface area contributed by atoms with Crippen molar-refractivity contribution in [1.29, 1.82) is 0 Å². The molecule has 2 heterocycles. The molecule has 42 heavy (non-hydrogen) atoms. The van der Waals surface area contributed by atoms with Crippen molar-refractivity contribution < 1.29 is 32.4 Å². The highest BCUT2D eigenvalue weighted by molar-refractivity contribution is 9.10. The second-order valence-electron chi connectivity index (χ2n) is 11.3. The largest absolute Gasteiger partial charge is 0.493 e. The summed E-state index contributed by atoms with van der Waals surface area (Å²) < 4.78 is 40.8. The van der Waals surface area contributed by atoms with Crippen molar-refractivity contribution in [2.75, 3.05) is 39.3 Å². The molecule has 2 aromatic rings. The van der Waals surface area contributed by atoms with Gasteiger partial charge in [0, 0.05) is 54.7 Å². The fraction of sp³-hybridized carbons (Fsp3) is 0.500. The number of nitrogens with one attached hydrogen (secondary N) is 1. The second kappa shape index (κ2) is 13.0. The molecule has 12 nitrogen and oxygen atoms in total. The highest BCUT2D eigenvalue weighted by atomic mass is 79.9. The van der Waals surface area contributed by atoms with Crippen LogP contribution in [0, 0.1) is 16.0 Å². The lowest BCUT2D eigenvalue weighted by molar-refractivity contribution is -0.387. The van der Waals surface area contributed by atoms with Gasteiger partial charge in [0.05, 0.1) is 17.4 Å². The number of fused-ring (bicyclic) bond motifs is 4. The molecule has 14 heteroatoms. The van der Waals surface area contributed by atoms with E-state index in [4.69, 9.17) is 9.47 Å². The van der Waals surface area contributed by atoms with E-state index >= 15 is 0 Å². The Morgan fingerprint density at radius 3 is 2.57 bits per heavy atom. The number of halogens is 1. The minimum absolute atomic E-state index is 0.0186. The molecule has 1 N–H and O–H groups in total. The summed E-state index contributed by atoms with van der Waals surface area (Å²) in [6.45, 7) is 5.89. The summed E-state index contributed by atoms with van der Waals surface area (Å²) in [7, 11) is -4.27. The van der Waals surface area contributed by atoms with E-state index in [1.807, 2.05) is 12.1 Å². The first-order valence-electron chi connectivity index (χ1n) is 13.7. The molecule has 0 spiro atoms. The maximum Gasteiger partial charge on any atom is 0.410 e. The van der Waals surface area contributed by atoms with E-state index in [1.54, 1.807) is 26.8 Å². The van der Waals surface area contributed by atoms with Crippen LogP contribution in [0.4, 0.5) is 10.5 Å². The number of carbonyl (C=O) groups excluding carboxylic acids is 2. The fourth-order valence-corrected chi connectivity index (χ4v) is 7.16. The maximum absolute atomic E-state index is 13.6. The number of nitro groups is 1. The molecule has 2 unspecified atom stereocenters. The Hall–Kier alpha value is -3.23. The molecule has 2 bridgehead atoms. The number of likely N-dealkylation sites (tertiary alicyclic amines) is 1. The summed E-state index contributed by atoms with van der Waals surface area (Å²) in [6.07, 6.45) is 0.210. The number of nitro benzene ring substituents is 1. The molecule has 2 aliphatic heterocycles. The summed E-state index contributed by atoms with van der Waals surface area (Å²) in [5, 5.41) is 14.4. The van der Waals surface area contributed by atoms with Crippen LogP contribution in [-0.4, -0.2) is 79.5 Å². The Morgan fingerprint density at radius 2 is 1.86 bits per heavy atom. The Bertz CT molecular complexity index is 1450. The molecule has 2 amide bonds. The van der Waals surface area contributed by atoms with Gasteiger partial charge in [0.1, 0.15) is 11.4 Å². The van der Waals surface area contributed by atoms with Crippen LogP contribution in [0.1, 0.15) is 45.1 Å². The summed E-state index contributed by atoms with van der Waals surface area (Å²) >= 11 is 3.51. The van der Waals surface area contributed by atoms with Crippen LogP contribution in [0.15, 0.2) is 51.8 Å². The average Bonchev–Trinajstić information content (AvgIpc) is 2.93. The molecule has 0 saturated carbocycles. The van der Waals surface area contributed by atoms with Crippen LogP contribution >= 0.6 is 15.9 Å². The maximum atomic E-state index is 13.6. The number of ether oxygens (including phenoxy) is 2. The number of para-hydroxylation sites is 1. The molecule has 0 aromatic heterocycles. The number of rotatable bonds is 3. The predicted octanol–water partition coefficient (Wildman–Crippen LogP) is 4.29. The molecule has 0 radical (unpaired) electrons. The standard InChI is InChI=1S/C28H35BrN4O8S/c1-28(2,3)41-27(35)31-17-19-15-20(18-31)26(34)30-11-13-32(12-6-14-40-24-10-9-21(29)16-22(19)24)42(38,39)25-8-5-4-7-23(25)33(36)37/h4-5,7-10,16,19-20H,6,11-15,17-18H2,1-3H3,(H,30,34). The van der Waals surface area contributed by atoms with Gasteiger partial charge < -0.3 is 19.7 Å². The topological polar surface area (TPSA) is 148 Å². The Balaban J connectivity index is 1.65. The number of nitrogens with zero attached hydrogens (tertiary/aromatic N) is 3. The molecule has 2 aromatic carbocycles. The summed E-state index contributed by atoms with van der Waals surface area (Å²) in [4.78, 5) is 38.4. The van der Waals surface area contributed by atoms with Crippen molar-refractivity contribution in [2.45, 2.75) is 50.0 Å². The number of amides is 2. The van der Waals surface area contributed by atoms with Gasteiger partial charge in [0.2, 0.25) is 15.9 Å². The van der Waals surface area contributed by atoms with E-state index in [0.29, 0.717) is 25.1 Å². The van der Waals surface area contributed by atoms with E-state index in [2.05, 4.69) is 21.2 Å². The third-order valence-electron chi connectivity index (χ3n) is 7.03. The highest BCUT2D eigenvalue weighted by Crippen LogP contribution is 2.38. The van der Waals surface area contributed by atoms with Gasteiger partial charge in [0.25, 0.3) is 5.69 Å². The summed E-state index contributed by atoms with van der Waals surface area (Å²) in [6, 6.07) is 10.7. The van der Waals surface area contributed by atoms with Crippen molar-refractivity contribution >= 4 is 43.6 Å². The average molecular weight is 668 g/mol. The van der Waals surface area contributed by atoms with Crippen molar-refractivity contribution in [1.82, 2.24) is 14.5 Å². The van der Waals surface area contributed by atoms with Crippen LogP contribution < -0.4 is 10.1 Å². The molecule has 2 aliphatic rings. The van der Waals surface area contributed by atoms with Gasteiger partial charge in [0.15, 0.2) is 4.90 Å². The first-order valence-corrected chi connectivity index (χ1v) is 15.9. The Kier molecular flexibility index (Phi) is 9.78. The van der Waals surface area contributed by atoms with Gasteiger partial charge in [-0.2, -0.15) is 4.31 Å². The molecule has 1 saturated heterocycles. The van der Waals surface area contributed by atoms with Gasteiger partial charge in [-0.3, -0.25) is 14.9 Å². The van der Waals surface area contributed by atoms with Crippen molar-refractivity contribution in [3.63, 3.8) is 0 Å². The molecule has 228 valence electrons. The number of hydrogen-bond donors (Lipinski definition) is 1. The normalized spacial score (nSPS) is 20.9. The van der Waals surface area contributed by atoms with E-state index in [1.165, 1.54) is 23.1 Å². The van der Waals surface area contributed by atoms with Gasteiger partial charge in [-0.25, -0.2) is 13.2 Å². The van der Waals surface area contributed by atoms with Crippen molar-refractivity contribution in [3.05, 3.63) is 62.6 Å². The number of sulfonamides is 1. The molecular weight excluding hydrogens is 632 g/mol. The lowest BCUT2D eigenvalue weighted by Crippen LogP contribution is -2.50. The van der Waals surface area contributed by atoms with Crippen LogP contribution in [0.5, 0.6) is 5.75 Å². The van der Waals surface area contributed by atoms with Crippen LogP contribution in [0.2, 0.25) is 0 Å². The van der Waals surface area contributed by atoms with E-state index in [0.717, 1.165) is 20.4 Å². The first-order chi connectivity index (χ1) is 19.8. The minimum atomic E-state index is -4.27. The SMILES string of the molecule is CC(C)(C)OC(=O)N1CC2CC(C1)c1cc(Br)ccc1OCCCN(S(=O)(=O)c1ccccc1[N+](=O)[O-])CCNC2=O. The Morgan fingerprint density at radius 1 is 1.14 bits per heavy atom. The van der Waals surface area contributed by atoms with Crippen molar-refractivity contribution in [3.8, 4) is 5.75 Å². The number of hydrogen-bond acceptors (Lipinski definition) is 8. The molecular formula is C28H35BrN4O8S. The molecule has 4 rings (SSSR count). The first kappa shape index (κ1) is 31.7. The number of piperidine rings is 1. The monoisotopic (exact) mass is 666 g/mol. The van der Waals surface area contributed by atoms with Gasteiger partial charge in [-0.05, 0) is 57.9 Å².